The Labute approximate surface area is 138 Å². The number of hydrogen-bond acceptors (Lipinski definition) is 3. The predicted molar refractivity (Wildman–Crippen MR) is 89.6 cm³/mol. The van der Waals surface area contributed by atoms with E-state index < -0.39 is 0 Å². The van der Waals surface area contributed by atoms with Gasteiger partial charge in [0.25, 0.3) is 5.91 Å². The SMILES string of the molecule is O=C(c1ccc(Br)cc1)N1CCN(Cc2ccccn2)CC1. The summed E-state index contributed by atoms with van der Waals surface area (Å²) in [7, 11) is 0. The van der Waals surface area contributed by atoms with Crippen LogP contribution in [0.15, 0.2) is 53.1 Å². The molecule has 1 amide bonds. The molecule has 2 heterocycles. The number of aromatic nitrogens is 1. The third-order valence-electron chi connectivity index (χ3n) is 3.86. The quantitative estimate of drug-likeness (QED) is 0.845. The van der Waals surface area contributed by atoms with Gasteiger partial charge in [-0.25, -0.2) is 0 Å². The molecular weight excluding hydrogens is 342 g/mol. The Hall–Kier alpha value is -1.72. The van der Waals surface area contributed by atoms with Crippen molar-refractivity contribution >= 4 is 21.8 Å². The average Bonchev–Trinajstić information content (AvgIpc) is 2.57. The van der Waals surface area contributed by atoms with Crippen molar-refractivity contribution in [3.05, 3.63) is 64.4 Å². The smallest absolute Gasteiger partial charge is 0.253 e. The van der Waals surface area contributed by atoms with E-state index in [1.807, 2.05) is 53.6 Å². The minimum Gasteiger partial charge on any atom is -0.336 e. The third-order valence-corrected chi connectivity index (χ3v) is 4.39. The van der Waals surface area contributed by atoms with Crippen LogP contribution in [0.5, 0.6) is 0 Å². The topological polar surface area (TPSA) is 36.4 Å². The largest absolute Gasteiger partial charge is 0.336 e. The van der Waals surface area contributed by atoms with Crippen molar-refractivity contribution in [1.82, 2.24) is 14.8 Å². The normalized spacial score (nSPS) is 15.8. The third kappa shape index (κ3) is 3.72. The highest BCUT2D eigenvalue weighted by Gasteiger charge is 2.22. The van der Waals surface area contributed by atoms with Crippen molar-refractivity contribution in [2.45, 2.75) is 6.54 Å². The number of benzene rings is 1. The first-order valence-corrected chi connectivity index (χ1v) is 8.19. The molecule has 0 unspecified atom stereocenters. The van der Waals surface area contributed by atoms with Crippen molar-refractivity contribution in [2.24, 2.45) is 0 Å². The zero-order valence-corrected chi connectivity index (χ0v) is 13.9. The zero-order chi connectivity index (χ0) is 15.4. The fourth-order valence-electron chi connectivity index (χ4n) is 2.60. The van der Waals surface area contributed by atoms with Gasteiger partial charge in [-0.05, 0) is 36.4 Å². The van der Waals surface area contributed by atoms with Gasteiger partial charge in [0.05, 0.1) is 5.69 Å². The van der Waals surface area contributed by atoms with Gasteiger partial charge >= 0.3 is 0 Å². The van der Waals surface area contributed by atoms with E-state index in [1.54, 1.807) is 0 Å². The van der Waals surface area contributed by atoms with Gasteiger partial charge in [-0.2, -0.15) is 0 Å². The molecule has 1 aromatic carbocycles. The van der Waals surface area contributed by atoms with Crippen LogP contribution in [0.2, 0.25) is 0 Å². The molecule has 1 aliphatic rings. The van der Waals surface area contributed by atoms with Gasteiger partial charge in [-0.1, -0.05) is 22.0 Å². The van der Waals surface area contributed by atoms with Crippen molar-refractivity contribution in [1.29, 1.82) is 0 Å². The minimum atomic E-state index is 0.116. The van der Waals surface area contributed by atoms with Crippen molar-refractivity contribution in [3.63, 3.8) is 0 Å². The van der Waals surface area contributed by atoms with E-state index in [-0.39, 0.29) is 5.91 Å². The van der Waals surface area contributed by atoms with Crippen LogP contribution in [0.25, 0.3) is 0 Å². The number of carbonyl (C=O) groups is 1. The molecule has 1 fully saturated rings. The average molecular weight is 360 g/mol. The Morgan fingerprint density at radius 2 is 1.77 bits per heavy atom. The van der Waals surface area contributed by atoms with Gasteiger partial charge in [-0.3, -0.25) is 14.7 Å². The molecule has 2 aromatic rings. The molecule has 1 aromatic heterocycles. The molecule has 1 saturated heterocycles. The van der Waals surface area contributed by atoms with E-state index in [4.69, 9.17) is 0 Å². The summed E-state index contributed by atoms with van der Waals surface area (Å²) in [5.74, 6) is 0.116. The Morgan fingerprint density at radius 3 is 2.41 bits per heavy atom. The van der Waals surface area contributed by atoms with Crippen LogP contribution < -0.4 is 0 Å². The second-order valence-electron chi connectivity index (χ2n) is 5.40. The number of nitrogens with zero attached hydrogens (tertiary/aromatic N) is 3. The van der Waals surface area contributed by atoms with Crippen molar-refractivity contribution in [3.8, 4) is 0 Å². The Bertz CT molecular complexity index is 622. The zero-order valence-electron chi connectivity index (χ0n) is 12.3. The summed E-state index contributed by atoms with van der Waals surface area (Å²) in [6.45, 7) is 4.16. The van der Waals surface area contributed by atoms with Crippen LogP contribution in [-0.4, -0.2) is 46.9 Å². The molecule has 22 heavy (non-hydrogen) atoms. The van der Waals surface area contributed by atoms with Gasteiger partial charge in [0, 0.05) is 49.0 Å². The highest BCUT2D eigenvalue weighted by molar-refractivity contribution is 9.10. The molecule has 3 rings (SSSR count). The maximum atomic E-state index is 12.5. The summed E-state index contributed by atoms with van der Waals surface area (Å²) in [6.07, 6.45) is 1.82. The van der Waals surface area contributed by atoms with E-state index in [2.05, 4.69) is 25.8 Å². The number of hydrogen-bond donors (Lipinski definition) is 0. The number of pyridine rings is 1. The first-order chi connectivity index (χ1) is 10.7. The second-order valence-corrected chi connectivity index (χ2v) is 6.31. The molecule has 0 N–H and O–H groups in total. The molecule has 1 aliphatic heterocycles. The van der Waals surface area contributed by atoms with Crippen LogP contribution in [0, 0.1) is 0 Å². The summed E-state index contributed by atoms with van der Waals surface area (Å²) in [4.78, 5) is 21.1. The minimum absolute atomic E-state index is 0.116. The maximum absolute atomic E-state index is 12.5. The highest BCUT2D eigenvalue weighted by Crippen LogP contribution is 2.14. The lowest BCUT2D eigenvalue weighted by Gasteiger charge is -2.34. The molecule has 4 nitrogen and oxygen atoms in total. The number of carbonyl (C=O) groups excluding carboxylic acids is 1. The Kier molecular flexibility index (Phi) is 4.85. The van der Waals surface area contributed by atoms with Crippen molar-refractivity contribution < 1.29 is 4.79 Å². The van der Waals surface area contributed by atoms with Gasteiger partial charge < -0.3 is 4.90 Å². The van der Waals surface area contributed by atoms with Crippen LogP contribution in [0.1, 0.15) is 16.1 Å². The fraction of sp³-hybridized carbons (Fsp3) is 0.294. The summed E-state index contributed by atoms with van der Waals surface area (Å²) in [5, 5.41) is 0. The van der Waals surface area contributed by atoms with Crippen molar-refractivity contribution in [2.75, 3.05) is 26.2 Å². The molecule has 114 valence electrons. The summed E-state index contributed by atoms with van der Waals surface area (Å²) in [5.41, 5.74) is 1.83. The van der Waals surface area contributed by atoms with Crippen LogP contribution in [-0.2, 0) is 6.54 Å². The summed E-state index contributed by atoms with van der Waals surface area (Å²) < 4.78 is 0.990. The van der Waals surface area contributed by atoms with E-state index >= 15 is 0 Å². The molecule has 0 saturated carbocycles. The molecule has 5 heteroatoms. The first kappa shape index (κ1) is 15.2. The van der Waals surface area contributed by atoms with Gasteiger partial charge in [-0.15, -0.1) is 0 Å². The van der Waals surface area contributed by atoms with Gasteiger partial charge in [0.15, 0.2) is 0 Å². The monoisotopic (exact) mass is 359 g/mol. The molecule has 0 spiro atoms. The standard InChI is InChI=1S/C17H18BrN3O/c18-15-6-4-14(5-7-15)17(22)21-11-9-20(10-12-21)13-16-3-1-2-8-19-16/h1-8H,9-13H2. The van der Waals surface area contributed by atoms with E-state index in [0.717, 1.165) is 48.5 Å². The summed E-state index contributed by atoms with van der Waals surface area (Å²) >= 11 is 3.39. The molecule has 0 aliphatic carbocycles. The predicted octanol–water partition coefficient (Wildman–Crippen LogP) is 2.80. The van der Waals surface area contributed by atoms with Crippen LogP contribution in [0.4, 0.5) is 0 Å². The highest BCUT2D eigenvalue weighted by atomic mass is 79.9. The lowest BCUT2D eigenvalue weighted by atomic mass is 10.2. The molecule has 0 radical (unpaired) electrons. The molecule has 0 bridgehead atoms. The molecular formula is C17H18BrN3O. The molecule has 0 atom stereocenters. The maximum Gasteiger partial charge on any atom is 0.253 e. The number of rotatable bonds is 3. The van der Waals surface area contributed by atoms with Gasteiger partial charge in [0.2, 0.25) is 0 Å². The lowest BCUT2D eigenvalue weighted by molar-refractivity contribution is 0.0627. The number of halogens is 1. The lowest BCUT2D eigenvalue weighted by Crippen LogP contribution is -2.48. The van der Waals surface area contributed by atoms with Crippen LogP contribution >= 0.6 is 15.9 Å². The number of piperazine rings is 1. The number of amides is 1. The van der Waals surface area contributed by atoms with E-state index in [9.17, 15) is 4.79 Å². The van der Waals surface area contributed by atoms with E-state index in [1.165, 1.54) is 0 Å². The summed E-state index contributed by atoms with van der Waals surface area (Å²) in [6, 6.07) is 13.5. The van der Waals surface area contributed by atoms with E-state index in [0.29, 0.717) is 0 Å². The Balaban J connectivity index is 1.55. The van der Waals surface area contributed by atoms with Gasteiger partial charge in [0.1, 0.15) is 0 Å². The van der Waals surface area contributed by atoms with Crippen LogP contribution in [0.3, 0.4) is 0 Å². The second kappa shape index (κ2) is 7.03. The first-order valence-electron chi connectivity index (χ1n) is 7.39. The Morgan fingerprint density at radius 1 is 1.05 bits per heavy atom. The fourth-order valence-corrected chi connectivity index (χ4v) is 2.87.